The van der Waals surface area contributed by atoms with E-state index in [0.29, 0.717) is 12.6 Å². The van der Waals surface area contributed by atoms with Gasteiger partial charge in [0, 0.05) is 43.2 Å². The summed E-state index contributed by atoms with van der Waals surface area (Å²) in [6.45, 7) is 4.50. The van der Waals surface area contributed by atoms with Gasteiger partial charge in [0.2, 0.25) is 0 Å². The summed E-state index contributed by atoms with van der Waals surface area (Å²) in [6, 6.07) is 0.546. The molecule has 1 saturated heterocycles. The van der Waals surface area contributed by atoms with E-state index >= 15 is 0 Å². The van der Waals surface area contributed by atoms with Gasteiger partial charge in [0.15, 0.2) is 0 Å². The topological polar surface area (TPSA) is 48.5 Å². The number of nitrogens with one attached hydrogen (secondary N) is 1. The fourth-order valence-corrected chi connectivity index (χ4v) is 3.44. The second-order valence-corrected chi connectivity index (χ2v) is 6.96. The van der Waals surface area contributed by atoms with E-state index in [1.807, 2.05) is 11.1 Å². The maximum Gasteiger partial charge on any atom is 0.317 e. The van der Waals surface area contributed by atoms with Crippen LogP contribution in [0, 0.1) is 0 Å². The maximum absolute atomic E-state index is 12.2. The first-order chi connectivity index (χ1) is 10.1. The predicted molar refractivity (Wildman–Crippen MR) is 86.9 cm³/mol. The molecule has 6 heteroatoms. The molecule has 0 saturated carbocycles. The molecule has 1 atom stereocenters. The smallest absolute Gasteiger partial charge is 0.317 e. The van der Waals surface area contributed by atoms with Crippen molar-refractivity contribution in [1.29, 1.82) is 0 Å². The Morgan fingerprint density at radius 3 is 3.05 bits per heavy atom. The Labute approximate surface area is 131 Å². The quantitative estimate of drug-likeness (QED) is 0.905. The molecule has 0 spiro atoms. The highest BCUT2D eigenvalue weighted by atomic mass is 32.1. The van der Waals surface area contributed by atoms with Crippen molar-refractivity contribution in [2.24, 2.45) is 0 Å². The summed E-state index contributed by atoms with van der Waals surface area (Å²) >= 11 is 1.74. The van der Waals surface area contributed by atoms with Gasteiger partial charge in [-0.25, -0.2) is 9.78 Å². The molecule has 1 aromatic heterocycles. The van der Waals surface area contributed by atoms with Crippen molar-refractivity contribution in [2.75, 3.05) is 33.7 Å². The first-order valence-electron chi connectivity index (χ1n) is 7.73. The van der Waals surface area contributed by atoms with Crippen LogP contribution in [-0.4, -0.2) is 60.6 Å². The Morgan fingerprint density at radius 1 is 1.57 bits per heavy atom. The summed E-state index contributed by atoms with van der Waals surface area (Å²) < 4.78 is 0. The van der Waals surface area contributed by atoms with Crippen molar-refractivity contribution in [3.05, 3.63) is 16.1 Å². The number of likely N-dealkylation sites (tertiary alicyclic amines) is 1. The van der Waals surface area contributed by atoms with Crippen molar-refractivity contribution < 1.29 is 4.79 Å². The molecule has 0 aliphatic carbocycles. The molecule has 1 N–H and O–H groups in total. The standard InChI is InChI=1S/C15H26N4OS/c1-4-13-10-17-14(21-13)7-8-16-15(20)19-9-5-6-12(11-19)18(2)3/h10,12H,4-9,11H2,1-3H3,(H,16,20)/t12-/m0/s1. The van der Waals surface area contributed by atoms with Crippen LogP contribution in [-0.2, 0) is 12.8 Å². The Bertz CT molecular complexity index is 460. The lowest BCUT2D eigenvalue weighted by atomic mass is 10.1. The number of rotatable bonds is 5. The third kappa shape index (κ3) is 4.68. The molecule has 0 aromatic carbocycles. The van der Waals surface area contributed by atoms with Crippen molar-refractivity contribution in [1.82, 2.24) is 20.1 Å². The van der Waals surface area contributed by atoms with Crippen molar-refractivity contribution in [3.8, 4) is 0 Å². The lowest BCUT2D eigenvalue weighted by Crippen LogP contribution is -2.50. The fraction of sp³-hybridized carbons (Fsp3) is 0.733. The molecule has 0 radical (unpaired) electrons. The second kappa shape index (κ2) is 7.75. The minimum Gasteiger partial charge on any atom is -0.338 e. The molecular formula is C15H26N4OS. The number of nitrogens with zero attached hydrogens (tertiary/aromatic N) is 3. The van der Waals surface area contributed by atoms with Crippen LogP contribution in [0.5, 0.6) is 0 Å². The van der Waals surface area contributed by atoms with E-state index in [9.17, 15) is 4.79 Å². The molecule has 1 fully saturated rings. The molecule has 0 bridgehead atoms. The number of carbonyl (C=O) groups excluding carboxylic acids is 1. The largest absolute Gasteiger partial charge is 0.338 e. The SMILES string of the molecule is CCc1cnc(CCNC(=O)N2CCC[C@H](N(C)C)C2)s1. The van der Waals surface area contributed by atoms with Crippen LogP contribution < -0.4 is 5.32 Å². The fourth-order valence-electron chi connectivity index (χ4n) is 2.58. The minimum atomic E-state index is 0.0637. The monoisotopic (exact) mass is 310 g/mol. The van der Waals surface area contributed by atoms with Crippen LogP contribution in [0.4, 0.5) is 4.79 Å². The molecule has 0 unspecified atom stereocenters. The maximum atomic E-state index is 12.2. The lowest BCUT2D eigenvalue weighted by Gasteiger charge is -2.36. The first-order valence-corrected chi connectivity index (χ1v) is 8.54. The summed E-state index contributed by atoms with van der Waals surface area (Å²) in [5.74, 6) is 0. The molecule has 2 heterocycles. The number of hydrogen-bond acceptors (Lipinski definition) is 4. The van der Waals surface area contributed by atoms with E-state index in [4.69, 9.17) is 0 Å². The van der Waals surface area contributed by atoms with E-state index in [1.54, 1.807) is 11.3 Å². The Kier molecular flexibility index (Phi) is 5.99. The van der Waals surface area contributed by atoms with E-state index in [1.165, 1.54) is 11.3 Å². The van der Waals surface area contributed by atoms with E-state index in [2.05, 4.69) is 36.2 Å². The summed E-state index contributed by atoms with van der Waals surface area (Å²) in [5.41, 5.74) is 0. The summed E-state index contributed by atoms with van der Waals surface area (Å²) in [6.07, 6.45) is 6.05. The van der Waals surface area contributed by atoms with Crippen molar-refractivity contribution in [2.45, 2.75) is 38.6 Å². The zero-order chi connectivity index (χ0) is 15.2. The van der Waals surface area contributed by atoms with Crippen LogP contribution in [0.3, 0.4) is 0 Å². The Morgan fingerprint density at radius 2 is 2.38 bits per heavy atom. The summed E-state index contributed by atoms with van der Waals surface area (Å²) in [5, 5.41) is 4.13. The van der Waals surface area contributed by atoms with Crippen molar-refractivity contribution >= 4 is 17.4 Å². The van der Waals surface area contributed by atoms with E-state index < -0.39 is 0 Å². The number of piperidine rings is 1. The zero-order valence-electron chi connectivity index (χ0n) is 13.3. The molecule has 1 aromatic rings. The molecule has 1 aliphatic rings. The number of amides is 2. The van der Waals surface area contributed by atoms with Gasteiger partial charge in [0.05, 0.1) is 5.01 Å². The molecule has 1 aliphatic heterocycles. The molecular weight excluding hydrogens is 284 g/mol. The van der Waals surface area contributed by atoms with Gasteiger partial charge in [-0.3, -0.25) is 0 Å². The van der Waals surface area contributed by atoms with Crippen molar-refractivity contribution in [3.63, 3.8) is 0 Å². The number of aromatic nitrogens is 1. The van der Waals surface area contributed by atoms with Gasteiger partial charge in [0.25, 0.3) is 0 Å². The number of hydrogen-bond donors (Lipinski definition) is 1. The van der Waals surface area contributed by atoms with E-state index in [-0.39, 0.29) is 6.03 Å². The van der Waals surface area contributed by atoms with Crippen LogP contribution in [0.1, 0.15) is 29.7 Å². The lowest BCUT2D eigenvalue weighted by molar-refractivity contribution is 0.140. The average Bonchev–Trinajstić information content (AvgIpc) is 2.95. The van der Waals surface area contributed by atoms with Crippen LogP contribution in [0.15, 0.2) is 6.20 Å². The summed E-state index contributed by atoms with van der Waals surface area (Å²) in [4.78, 5) is 22.0. The highest BCUT2D eigenvalue weighted by molar-refractivity contribution is 7.11. The van der Waals surface area contributed by atoms with E-state index in [0.717, 1.165) is 37.4 Å². The van der Waals surface area contributed by atoms with Gasteiger partial charge in [-0.05, 0) is 33.4 Å². The number of aryl methyl sites for hydroxylation is 1. The van der Waals surface area contributed by atoms with Gasteiger partial charge in [-0.2, -0.15) is 0 Å². The summed E-state index contributed by atoms with van der Waals surface area (Å²) in [7, 11) is 4.17. The van der Waals surface area contributed by atoms with Crippen LogP contribution >= 0.6 is 11.3 Å². The molecule has 21 heavy (non-hydrogen) atoms. The third-order valence-electron chi connectivity index (χ3n) is 3.98. The zero-order valence-corrected chi connectivity index (χ0v) is 14.1. The van der Waals surface area contributed by atoms with Crippen LogP contribution in [0.2, 0.25) is 0 Å². The number of urea groups is 1. The third-order valence-corrected chi connectivity index (χ3v) is 5.18. The highest BCUT2D eigenvalue weighted by Crippen LogP contribution is 2.15. The number of thiazole rings is 1. The van der Waals surface area contributed by atoms with Crippen LogP contribution in [0.25, 0.3) is 0 Å². The Balaban J connectivity index is 1.73. The molecule has 118 valence electrons. The van der Waals surface area contributed by atoms with Gasteiger partial charge in [0.1, 0.15) is 0 Å². The minimum absolute atomic E-state index is 0.0637. The van der Waals surface area contributed by atoms with Gasteiger partial charge >= 0.3 is 6.03 Å². The van der Waals surface area contributed by atoms with Gasteiger partial charge in [-0.15, -0.1) is 11.3 Å². The molecule has 2 rings (SSSR count). The molecule has 5 nitrogen and oxygen atoms in total. The molecule has 2 amide bonds. The second-order valence-electron chi connectivity index (χ2n) is 5.76. The van der Waals surface area contributed by atoms with Gasteiger partial charge in [-0.1, -0.05) is 6.92 Å². The normalized spacial score (nSPS) is 19.0. The Hall–Kier alpha value is -1.14. The highest BCUT2D eigenvalue weighted by Gasteiger charge is 2.24. The number of likely N-dealkylation sites (N-methyl/N-ethyl adjacent to an activating group) is 1. The number of carbonyl (C=O) groups is 1. The predicted octanol–water partition coefficient (Wildman–Crippen LogP) is 1.98. The average molecular weight is 310 g/mol. The first kappa shape index (κ1) is 16.2. The van der Waals surface area contributed by atoms with Gasteiger partial charge < -0.3 is 15.1 Å².